The van der Waals surface area contributed by atoms with Gasteiger partial charge in [-0.3, -0.25) is 43.8 Å². The van der Waals surface area contributed by atoms with Crippen LogP contribution in [0.5, 0.6) is 17.2 Å². The predicted octanol–water partition coefficient (Wildman–Crippen LogP) is 14.4. The van der Waals surface area contributed by atoms with Crippen LogP contribution in [0.4, 0.5) is 47.7 Å². The zero-order chi connectivity index (χ0) is 97.6. The molecule has 15 aromatic rings. The van der Waals surface area contributed by atoms with E-state index in [2.05, 4.69) is 90.5 Å². The van der Waals surface area contributed by atoms with E-state index in [1.165, 1.54) is 100 Å². The molecule has 21 rings (SSSR count). The van der Waals surface area contributed by atoms with Gasteiger partial charge in [0.2, 0.25) is 11.8 Å². The lowest BCUT2D eigenvalue weighted by Gasteiger charge is -2.36. The highest BCUT2D eigenvalue weighted by Gasteiger charge is 2.41. The van der Waals surface area contributed by atoms with Crippen molar-refractivity contribution in [2.24, 2.45) is 0 Å². The van der Waals surface area contributed by atoms with Crippen molar-refractivity contribution in [2.75, 3.05) is 119 Å². The van der Waals surface area contributed by atoms with Gasteiger partial charge in [-0.25, -0.2) is 57.1 Å². The molecule has 718 valence electrons. The number of aryl methyl sites for hydroxylation is 3. The van der Waals surface area contributed by atoms with Crippen molar-refractivity contribution >= 4 is 109 Å². The van der Waals surface area contributed by atoms with Gasteiger partial charge in [0.25, 0.3) is 5.91 Å². The van der Waals surface area contributed by atoms with Crippen LogP contribution < -0.4 is 56.7 Å². The summed E-state index contributed by atoms with van der Waals surface area (Å²) in [5, 5.41) is 22.8. The molecule has 0 aliphatic carbocycles. The van der Waals surface area contributed by atoms with Gasteiger partial charge in [0.15, 0.2) is 34.3 Å². The summed E-state index contributed by atoms with van der Waals surface area (Å²) in [7, 11) is 4.39. The Hall–Kier alpha value is -16.2. The van der Waals surface area contributed by atoms with Crippen molar-refractivity contribution in [3.63, 3.8) is 0 Å². The maximum Gasteiger partial charge on any atom is 0.255 e. The van der Waals surface area contributed by atoms with Gasteiger partial charge in [-0.05, 0) is 189 Å². The molecule has 5 fully saturated rings. The SMILES string of the molecule is COc1ccc(F)cc1C(=O)CCc1ccc(-c2nn(C3CCN(c4ccc(C=O)cc4)C3)c3ncnc(N)c23)cc1.COc1ccc(F)cc1C(=O)CCc1ccc(-c2nn(C3CCN(c4ccc(CN5CCN(c6ccc7c(c6)CN([C@H]6CCC(=O)NC6=O)C7=O)CC5)cc4)C3)c3ncnc(N)c23)cc1.COc1ccc(F)cc1C(=O)CCc1ccc(-c2nn(C3CCNC3)c3ncnc(N)c23)cc1. The smallest absolute Gasteiger partial charge is 0.255 e. The number of benzene rings is 9. The summed E-state index contributed by atoms with van der Waals surface area (Å²) in [5.74, 6) is -0.576. The van der Waals surface area contributed by atoms with E-state index in [1.807, 2.05) is 123 Å². The molecule has 0 bridgehead atoms. The minimum Gasteiger partial charge on any atom is -0.496 e. The van der Waals surface area contributed by atoms with Gasteiger partial charge in [-0.2, -0.15) is 15.3 Å². The number of nitrogens with one attached hydrogen (secondary N) is 2. The lowest BCUT2D eigenvalue weighted by molar-refractivity contribution is -0.137. The molecule has 6 aliphatic heterocycles. The second kappa shape index (κ2) is 41.2. The van der Waals surface area contributed by atoms with E-state index in [0.29, 0.717) is 112 Å². The molecule has 5 saturated heterocycles. The first kappa shape index (κ1) is 93.8. The van der Waals surface area contributed by atoms with Gasteiger partial charge in [0.05, 0.1) is 72.3 Å². The monoisotopic (exact) mass is 1900 g/mol. The topological polar surface area (TPSA) is 396 Å². The normalized spacial score (nSPS) is 16.9. The summed E-state index contributed by atoms with van der Waals surface area (Å²) in [6, 6.07) is 57.6. The molecule has 6 aromatic heterocycles. The number of hydrogen-bond donors (Lipinski definition) is 5. The van der Waals surface area contributed by atoms with Gasteiger partial charge in [0, 0.05) is 143 Å². The fraction of sp³-hybridized carbons (Fsp3) is 0.283. The molecule has 8 N–H and O–H groups in total. The summed E-state index contributed by atoms with van der Waals surface area (Å²) in [6.07, 6.45) is 10.7. The van der Waals surface area contributed by atoms with Gasteiger partial charge in [-0.1, -0.05) is 84.9 Å². The number of nitrogen functional groups attached to an aromatic ring is 3. The average molecular weight is 1900 g/mol. The maximum absolute atomic E-state index is 13.9. The second-order valence-electron chi connectivity index (χ2n) is 36.0. The Morgan fingerprint density at radius 1 is 0.447 bits per heavy atom. The van der Waals surface area contributed by atoms with Crippen LogP contribution in [0.3, 0.4) is 0 Å². The number of piperazine rings is 1. The maximum atomic E-state index is 13.9. The number of nitrogens with two attached hydrogens (primary N) is 3. The van der Waals surface area contributed by atoms with E-state index in [-0.39, 0.29) is 89.7 Å². The zero-order valence-corrected chi connectivity index (χ0v) is 77.9. The Labute approximate surface area is 809 Å². The van der Waals surface area contributed by atoms with Crippen LogP contribution in [0.25, 0.3) is 66.9 Å². The average Bonchev–Trinajstić information content (AvgIpc) is 1.61. The van der Waals surface area contributed by atoms with Crippen molar-refractivity contribution in [3.05, 3.63) is 286 Å². The Bertz CT molecular complexity index is 7250. The van der Waals surface area contributed by atoms with Gasteiger partial charge >= 0.3 is 0 Å². The van der Waals surface area contributed by atoms with Crippen LogP contribution in [0, 0.1) is 17.5 Å². The van der Waals surface area contributed by atoms with E-state index in [0.717, 1.165) is 170 Å². The van der Waals surface area contributed by atoms with Crippen LogP contribution in [-0.4, -0.2) is 203 Å². The Morgan fingerprint density at radius 2 is 0.858 bits per heavy atom. The highest BCUT2D eigenvalue weighted by Crippen LogP contribution is 2.41. The van der Waals surface area contributed by atoms with Gasteiger partial charge < -0.3 is 56.3 Å². The van der Waals surface area contributed by atoms with E-state index in [4.69, 9.17) is 46.7 Å². The number of nitrogens with zero attached hydrogens (tertiary/aromatic N) is 17. The number of anilines is 6. The van der Waals surface area contributed by atoms with Crippen molar-refractivity contribution < 1.29 is 60.9 Å². The lowest BCUT2D eigenvalue weighted by Crippen LogP contribution is -2.52. The van der Waals surface area contributed by atoms with Crippen molar-refractivity contribution in [1.29, 1.82) is 0 Å². The van der Waals surface area contributed by atoms with Crippen LogP contribution in [0.1, 0.15) is 149 Å². The van der Waals surface area contributed by atoms with Gasteiger partial charge in [-0.15, -0.1) is 0 Å². The molecule has 0 spiro atoms. The number of carbonyl (C=O) groups excluding carboxylic acids is 7. The molecule has 9 aromatic carbocycles. The van der Waals surface area contributed by atoms with Crippen molar-refractivity contribution in [3.8, 4) is 51.0 Å². The molecule has 3 amide bonds. The number of fused-ring (bicyclic) bond motifs is 4. The summed E-state index contributed by atoms with van der Waals surface area (Å²) < 4.78 is 62.8. The molecular weight excluding hydrogens is 1800 g/mol. The molecule has 141 heavy (non-hydrogen) atoms. The molecule has 0 saturated carbocycles. The van der Waals surface area contributed by atoms with Gasteiger partial charge in [0.1, 0.15) is 101 Å². The van der Waals surface area contributed by atoms with Crippen LogP contribution in [0.2, 0.25) is 0 Å². The largest absolute Gasteiger partial charge is 0.496 e. The van der Waals surface area contributed by atoms with E-state index < -0.39 is 29.4 Å². The first-order valence-electron chi connectivity index (χ1n) is 47.0. The van der Waals surface area contributed by atoms with E-state index >= 15 is 0 Å². The zero-order valence-electron chi connectivity index (χ0n) is 77.9. The van der Waals surface area contributed by atoms with Crippen LogP contribution in [0.15, 0.2) is 213 Å². The summed E-state index contributed by atoms with van der Waals surface area (Å²) in [6.45, 7) is 9.74. The summed E-state index contributed by atoms with van der Waals surface area (Å²) in [4.78, 5) is 124. The van der Waals surface area contributed by atoms with Crippen molar-refractivity contribution in [2.45, 2.75) is 108 Å². The Kier molecular flexibility index (Phi) is 27.4. The first-order valence-corrected chi connectivity index (χ1v) is 47.0. The Morgan fingerprint density at radius 3 is 1.26 bits per heavy atom. The second-order valence-corrected chi connectivity index (χ2v) is 36.0. The molecule has 32 nitrogen and oxygen atoms in total. The van der Waals surface area contributed by atoms with E-state index in [1.54, 1.807) is 4.90 Å². The number of halogens is 3. The molecule has 12 heterocycles. The minimum absolute atomic E-state index is 0.0667. The molecule has 6 aliphatic rings. The Balaban J connectivity index is 0.000000143. The molecular formula is C106H103F3N22O10. The minimum atomic E-state index is -0.619. The number of hydrogen-bond acceptors (Lipinski definition) is 27. The third kappa shape index (κ3) is 20.0. The molecule has 3 unspecified atom stereocenters. The highest BCUT2D eigenvalue weighted by atomic mass is 19.1. The fourth-order valence-corrected chi connectivity index (χ4v) is 19.7. The summed E-state index contributed by atoms with van der Waals surface area (Å²) >= 11 is 0. The molecule has 0 radical (unpaired) electrons. The van der Waals surface area contributed by atoms with E-state index in [9.17, 15) is 46.7 Å². The van der Waals surface area contributed by atoms with Crippen LogP contribution >= 0.6 is 0 Å². The number of piperidine rings is 1. The number of rotatable bonds is 28. The number of imide groups is 1. The number of methoxy groups -OCH3 is 3. The third-order valence-corrected chi connectivity index (χ3v) is 27.3. The lowest BCUT2D eigenvalue weighted by atomic mass is 10.00. The molecule has 4 atom stereocenters. The predicted molar refractivity (Wildman–Crippen MR) is 529 cm³/mol. The number of aldehydes is 1. The standard InChI is InChI=1S/C49H49FN10O5.C32H29FN6O3.C25H25FN6O2/c1-65-42-16-9-34(50)25-39(42)41(61)15-6-30-2-7-32(8-3-30)45-44-46(51)52-29-53-47(44)60(55-45)37-18-19-58(28-37)35-10-4-31(5-11-35)26-56-20-22-57(23-21-56)36-12-13-38-33(24-36)27-59(49(38)64)40-14-17-43(62)54-48(40)63;1-42-28-13-9-23(33)16-26(28)27(41)12-6-20-2-7-22(8-3-20)30-29-31(34)35-19-36-32(29)39(37-30)25-14-15-38(17-25)24-10-4-21(18-40)5-11-24;1-34-21-9-7-17(26)12-19(21)20(33)8-4-15-2-5-16(6-3-15)23-22-24(27)29-14-30-25(22)32(31-23)18-10-11-28-13-18/h2-5,7-13,16,24-25,29,37,40H,6,14-15,17-23,26-28H2,1H3,(H2,51,52,53)(H,54,62,63);2-5,7-11,13,16,18-19,25H,6,12,14-15,17H2,1H3,(H2,34,35,36);2-3,5-7,9,12,14,18,28H,4,8,10-11,13H2,1H3,(H2,27,29,30)/t37?,40-;;/m0../s1. The number of ketones is 3. The number of ether oxygens (including phenoxy) is 3. The number of aromatic nitrogens is 12. The molecule has 35 heteroatoms. The number of amides is 3. The third-order valence-electron chi connectivity index (χ3n) is 27.3. The summed E-state index contributed by atoms with van der Waals surface area (Å²) in [5.41, 5.74) is 36.3. The quantitative estimate of drug-likeness (QED) is 0.0173. The first-order chi connectivity index (χ1) is 68.6. The number of Topliss-reactive ketones (excluding diaryl/α,β-unsaturated/α-hetero) is 3. The fourth-order valence-electron chi connectivity index (χ4n) is 19.7. The number of carbonyl (C=O) groups is 7. The van der Waals surface area contributed by atoms with Crippen LogP contribution in [-0.2, 0) is 41.9 Å². The highest BCUT2D eigenvalue weighted by molar-refractivity contribution is 6.07. The van der Waals surface area contributed by atoms with Crippen molar-refractivity contribution in [1.82, 2.24) is 79.7 Å².